The molecule has 0 aromatic heterocycles. The zero-order chi connectivity index (χ0) is 20.1. The van der Waals surface area contributed by atoms with Crippen molar-refractivity contribution in [2.75, 3.05) is 19.5 Å². The number of carbonyl (C=O) groups excluding carboxylic acids is 2. The fourth-order valence-corrected chi connectivity index (χ4v) is 2.76. The van der Waals surface area contributed by atoms with Gasteiger partial charge in [-0.15, -0.1) is 0 Å². The number of ketones is 1. The zero-order valence-electron chi connectivity index (χ0n) is 15.2. The SMILES string of the molecule is COC(=O)/C=C1\C(=O)C(c2ccc(OC)cc2)=NN1C(=S)Nc1ccccc1. The molecule has 1 aliphatic rings. The molecule has 28 heavy (non-hydrogen) atoms. The van der Waals surface area contributed by atoms with Crippen LogP contribution in [0.2, 0.25) is 0 Å². The van der Waals surface area contributed by atoms with Gasteiger partial charge in [0, 0.05) is 11.3 Å². The largest absolute Gasteiger partial charge is 0.497 e. The average Bonchev–Trinajstić information content (AvgIpc) is 3.05. The minimum atomic E-state index is -0.679. The van der Waals surface area contributed by atoms with Gasteiger partial charge in [0.2, 0.25) is 5.78 Å². The van der Waals surface area contributed by atoms with Crippen LogP contribution in [0.3, 0.4) is 0 Å². The smallest absolute Gasteiger partial charge is 0.332 e. The number of Topliss-reactive ketones (excluding diaryl/α,β-unsaturated/α-hetero) is 1. The van der Waals surface area contributed by atoms with Gasteiger partial charge in [0.1, 0.15) is 17.2 Å². The topological polar surface area (TPSA) is 80.2 Å². The molecule has 0 amide bonds. The van der Waals surface area contributed by atoms with Gasteiger partial charge in [-0.3, -0.25) is 4.79 Å². The maximum absolute atomic E-state index is 12.9. The maximum atomic E-state index is 12.9. The van der Waals surface area contributed by atoms with Crippen LogP contribution in [0.1, 0.15) is 5.56 Å². The molecule has 142 valence electrons. The minimum Gasteiger partial charge on any atom is -0.497 e. The van der Waals surface area contributed by atoms with E-state index in [1.165, 1.54) is 12.1 Å². The van der Waals surface area contributed by atoms with Crippen molar-refractivity contribution in [3.05, 3.63) is 71.9 Å². The Bertz CT molecular complexity index is 969. The third kappa shape index (κ3) is 4.07. The molecule has 0 saturated heterocycles. The fourth-order valence-electron chi connectivity index (χ4n) is 2.50. The van der Waals surface area contributed by atoms with Crippen molar-refractivity contribution >= 4 is 40.5 Å². The summed E-state index contributed by atoms with van der Waals surface area (Å²) >= 11 is 5.40. The van der Waals surface area contributed by atoms with Gasteiger partial charge in [0.25, 0.3) is 0 Å². The Morgan fingerprint density at radius 3 is 2.39 bits per heavy atom. The molecule has 2 aromatic rings. The van der Waals surface area contributed by atoms with Gasteiger partial charge in [-0.2, -0.15) is 5.10 Å². The fraction of sp³-hybridized carbons (Fsp3) is 0.100. The minimum absolute atomic E-state index is 0.00565. The first-order valence-electron chi connectivity index (χ1n) is 8.27. The molecule has 3 rings (SSSR count). The van der Waals surface area contributed by atoms with Gasteiger partial charge in [-0.25, -0.2) is 9.80 Å². The monoisotopic (exact) mass is 395 g/mol. The molecular weight excluding hydrogens is 378 g/mol. The van der Waals surface area contributed by atoms with E-state index in [2.05, 4.69) is 15.2 Å². The Balaban J connectivity index is 1.96. The highest BCUT2D eigenvalue weighted by Gasteiger charge is 2.34. The van der Waals surface area contributed by atoms with E-state index in [1.54, 1.807) is 31.4 Å². The normalized spacial score (nSPS) is 14.6. The van der Waals surface area contributed by atoms with Crippen molar-refractivity contribution in [1.29, 1.82) is 0 Å². The Hall–Kier alpha value is -3.52. The van der Waals surface area contributed by atoms with E-state index in [4.69, 9.17) is 17.0 Å². The lowest BCUT2D eigenvalue weighted by atomic mass is 10.1. The van der Waals surface area contributed by atoms with Crippen molar-refractivity contribution in [3.63, 3.8) is 0 Å². The molecule has 8 heteroatoms. The molecule has 1 heterocycles. The summed E-state index contributed by atoms with van der Waals surface area (Å²) in [6.07, 6.45) is 1.07. The van der Waals surface area contributed by atoms with E-state index in [-0.39, 0.29) is 16.5 Å². The number of esters is 1. The second kappa shape index (κ2) is 8.45. The summed E-state index contributed by atoms with van der Waals surface area (Å²) in [6.45, 7) is 0. The number of methoxy groups -OCH3 is 2. The zero-order valence-corrected chi connectivity index (χ0v) is 16.0. The van der Waals surface area contributed by atoms with E-state index in [0.717, 1.165) is 11.8 Å². The Morgan fingerprint density at radius 2 is 1.79 bits per heavy atom. The lowest BCUT2D eigenvalue weighted by molar-refractivity contribution is -0.135. The number of hydrogen-bond acceptors (Lipinski definition) is 6. The van der Waals surface area contributed by atoms with E-state index in [0.29, 0.717) is 11.3 Å². The van der Waals surface area contributed by atoms with Gasteiger partial charge in [0.15, 0.2) is 5.11 Å². The number of carbonyl (C=O) groups is 2. The molecule has 2 aromatic carbocycles. The summed E-state index contributed by atoms with van der Waals surface area (Å²) in [5, 5.41) is 8.72. The second-order valence-electron chi connectivity index (χ2n) is 5.67. The van der Waals surface area contributed by atoms with Crippen LogP contribution in [0, 0.1) is 0 Å². The number of benzene rings is 2. The lowest BCUT2D eigenvalue weighted by Gasteiger charge is -2.17. The molecule has 0 radical (unpaired) electrons. The van der Waals surface area contributed by atoms with Crippen molar-refractivity contribution in [2.24, 2.45) is 5.10 Å². The summed E-state index contributed by atoms with van der Waals surface area (Å²) in [6, 6.07) is 16.1. The van der Waals surface area contributed by atoms with Crippen molar-refractivity contribution in [2.45, 2.75) is 0 Å². The summed E-state index contributed by atoms with van der Waals surface area (Å²) in [7, 11) is 2.79. The van der Waals surface area contributed by atoms with Crippen LogP contribution >= 0.6 is 12.2 Å². The van der Waals surface area contributed by atoms with E-state index < -0.39 is 11.8 Å². The molecule has 1 N–H and O–H groups in total. The van der Waals surface area contributed by atoms with Gasteiger partial charge >= 0.3 is 5.97 Å². The van der Waals surface area contributed by atoms with E-state index in [9.17, 15) is 9.59 Å². The standard InChI is InChI=1S/C20H17N3O4S/c1-26-15-10-8-13(9-11-15)18-19(25)16(12-17(24)27-2)23(22-18)20(28)21-14-6-4-3-5-7-14/h3-12H,1-2H3,(H,21,28)/b16-12+. The van der Waals surface area contributed by atoms with Crippen LogP contribution in [0.5, 0.6) is 5.75 Å². The van der Waals surface area contributed by atoms with E-state index >= 15 is 0 Å². The van der Waals surface area contributed by atoms with Crippen LogP contribution in [0.4, 0.5) is 5.69 Å². The third-order valence-corrected chi connectivity index (χ3v) is 4.19. The summed E-state index contributed by atoms with van der Waals surface area (Å²) in [5.41, 5.74) is 1.47. The van der Waals surface area contributed by atoms with E-state index in [1.807, 2.05) is 30.3 Å². The number of hydrogen-bond donors (Lipinski definition) is 1. The Morgan fingerprint density at radius 1 is 1.11 bits per heavy atom. The van der Waals surface area contributed by atoms with Gasteiger partial charge in [0.05, 0.1) is 20.3 Å². The van der Waals surface area contributed by atoms with Crippen LogP contribution < -0.4 is 10.1 Å². The number of para-hydroxylation sites is 1. The number of thiocarbonyl (C=S) groups is 1. The number of anilines is 1. The van der Waals surface area contributed by atoms with Gasteiger partial charge in [-0.1, -0.05) is 18.2 Å². The Kier molecular flexibility index (Phi) is 5.81. The number of nitrogens with zero attached hydrogens (tertiary/aromatic N) is 2. The van der Waals surface area contributed by atoms with Crippen LogP contribution in [-0.2, 0) is 14.3 Å². The molecule has 0 aliphatic carbocycles. The van der Waals surface area contributed by atoms with Crippen molar-refractivity contribution < 1.29 is 19.1 Å². The highest BCUT2D eigenvalue weighted by molar-refractivity contribution is 7.80. The molecule has 1 aliphatic heterocycles. The predicted octanol–water partition coefficient (Wildman–Crippen LogP) is 2.74. The molecular formula is C20H17N3O4S. The Labute approximate surface area is 167 Å². The van der Waals surface area contributed by atoms with Crippen molar-refractivity contribution in [1.82, 2.24) is 5.01 Å². The number of hydrazone groups is 1. The van der Waals surface area contributed by atoms with Gasteiger partial charge < -0.3 is 14.8 Å². The molecule has 0 spiro atoms. The van der Waals surface area contributed by atoms with Crippen LogP contribution in [0.25, 0.3) is 0 Å². The third-order valence-electron chi connectivity index (χ3n) is 3.91. The first-order chi connectivity index (χ1) is 13.5. The lowest BCUT2D eigenvalue weighted by Crippen LogP contribution is -2.29. The predicted molar refractivity (Wildman–Crippen MR) is 109 cm³/mol. The molecule has 0 fully saturated rings. The number of allylic oxidation sites excluding steroid dienone is 1. The summed E-state index contributed by atoms with van der Waals surface area (Å²) in [4.78, 5) is 24.7. The van der Waals surface area contributed by atoms with Crippen LogP contribution in [-0.4, -0.2) is 41.8 Å². The molecule has 0 atom stereocenters. The first kappa shape index (κ1) is 19.2. The number of nitrogens with one attached hydrogen (secondary N) is 1. The maximum Gasteiger partial charge on any atom is 0.332 e. The molecule has 7 nitrogen and oxygen atoms in total. The van der Waals surface area contributed by atoms with Crippen LogP contribution in [0.15, 0.2) is 71.5 Å². The quantitative estimate of drug-likeness (QED) is 0.484. The highest BCUT2D eigenvalue weighted by Crippen LogP contribution is 2.23. The highest BCUT2D eigenvalue weighted by atomic mass is 32.1. The number of rotatable bonds is 4. The second-order valence-corrected chi connectivity index (χ2v) is 6.05. The molecule has 0 bridgehead atoms. The molecule has 0 saturated carbocycles. The summed E-state index contributed by atoms with van der Waals surface area (Å²) in [5.74, 6) is -0.465. The molecule has 0 unspecified atom stereocenters. The summed E-state index contributed by atoms with van der Waals surface area (Å²) < 4.78 is 9.79. The average molecular weight is 395 g/mol. The number of ether oxygens (including phenoxy) is 2. The first-order valence-corrected chi connectivity index (χ1v) is 8.68. The van der Waals surface area contributed by atoms with Crippen molar-refractivity contribution in [3.8, 4) is 5.75 Å². The van der Waals surface area contributed by atoms with Gasteiger partial charge in [-0.05, 0) is 48.6 Å².